The second-order valence-electron chi connectivity index (χ2n) is 8.61. The summed E-state index contributed by atoms with van der Waals surface area (Å²) in [6.45, 7) is 3.27. The molecule has 0 atom stereocenters. The first-order valence-electron chi connectivity index (χ1n) is 11.4. The van der Waals surface area contributed by atoms with E-state index in [-0.39, 0.29) is 11.9 Å². The Morgan fingerprint density at radius 2 is 1.97 bits per heavy atom. The second-order valence-corrected chi connectivity index (χ2v) is 8.61. The Balaban J connectivity index is 1.54. The number of nitriles is 1. The molecule has 0 aromatic carbocycles. The number of carbonyl (C=O) groups excluding carboxylic acids is 1. The topological polar surface area (TPSA) is 152 Å². The molecule has 1 amide bonds. The van der Waals surface area contributed by atoms with E-state index in [0.29, 0.717) is 47.5 Å². The SMILES string of the molecule is Cc1ncc(NC(=O)C(/C=C(\N)C2CC2)=C/N)cc1-c1cnc(NC2CCOCC2)c(C#N)c1. The van der Waals surface area contributed by atoms with Crippen LogP contribution in [0.25, 0.3) is 11.1 Å². The summed E-state index contributed by atoms with van der Waals surface area (Å²) in [6.07, 6.45) is 9.99. The van der Waals surface area contributed by atoms with Gasteiger partial charge in [-0.3, -0.25) is 9.78 Å². The van der Waals surface area contributed by atoms with Gasteiger partial charge in [-0.25, -0.2) is 4.98 Å². The first kappa shape index (κ1) is 23.3. The van der Waals surface area contributed by atoms with Gasteiger partial charge in [-0.1, -0.05) is 0 Å². The van der Waals surface area contributed by atoms with E-state index in [9.17, 15) is 10.1 Å². The van der Waals surface area contributed by atoms with Gasteiger partial charge in [0.2, 0.25) is 0 Å². The minimum atomic E-state index is -0.366. The summed E-state index contributed by atoms with van der Waals surface area (Å²) in [4.78, 5) is 21.7. The Hall–Kier alpha value is -3.90. The zero-order valence-electron chi connectivity index (χ0n) is 19.2. The predicted octanol–water partition coefficient (Wildman–Crippen LogP) is 2.95. The lowest BCUT2D eigenvalue weighted by Gasteiger charge is -2.24. The molecule has 9 nitrogen and oxygen atoms in total. The Morgan fingerprint density at radius 1 is 1.21 bits per heavy atom. The normalized spacial score (nSPS) is 17.2. The first-order chi connectivity index (χ1) is 16.5. The van der Waals surface area contributed by atoms with Gasteiger partial charge >= 0.3 is 0 Å². The maximum Gasteiger partial charge on any atom is 0.257 e. The van der Waals surface area contributed by atoms with Crippen molar-refractivity contribution in [1.82, 2.24) is 9.97 Å². The zero-order chi connectivity index (χ0) is 24.1. The molecular formula is C25H29N7O2. The molecule has 176 valence electrons. The molecule has 1 aliphatic heterocycles. The van der Waals surface area contributed by atoms with E-state index in [0.717, 1.165) is 42.5 Å². The van der Waals surface area contributed by atoms with E-state index in [1.165, 1.54) is 6.20 Å². The lowest BCUT2D eigenvalue weighted by molar-refractivity contribution is -0.112. The molecule has 2 fully saturated rings. The van der Waals surface area contributed by atoms with E-state index in [2.05, 4.69) is 26.7 Å². The molecule has 2 aromatic rings. The third-order valence-corrected chi connectivity index (χ3v) is 6.04. The molecule has 3 heterocycles. The number of nitrogens with zero attached hydrogens (tertiary/aromatic N) is 3. The highest BCUT2D eigenvalue weighted by Crippen LogP contribution is 2.34. The fraction of sp³-hybridized carbons (Fsp3) is 0.360. The molecule has 0 radical (unpaired) electrons. The van der Waals surface area contributed by atoms with Crippen molar-refractivity contribution in [3.05, 3.63) is 59.3 Å². The van der Waals surface area contributed by atoms with Crippen LogP contribution in [0.4, 0.5) is 11.5 Å². The van der Waals surface area contributed by atoms with Crippen molar-refractivity contribution in [2.75, 3.05) is 23.8 Å². The molecule has 2 aliphatic rings. The van der Waals surface area contributed by atoms with Gasteiger partial charge in [0.25, 0.3) is 5.91 Å². The highest BCUT2D eigenvalue weighted by atomic mass is 16.5. The van der Waals surface area contributed by atoms with Crippen molar-refractivity contribution in [3.8, 4) is 17.2 Å². The van der Waals surface area contributed by atoms with Crippen LogP contribution in [0.1, 0.15) is 36.9 Å². The van der Waals surface area contributed by atoms with Crippen LogP contribution in [0.15, 0.2) is 48.1 Å². The van der Waals surface area contributed by atoms with Crippen LogP contribution >= 0.6 is 0 Å². The van der Waals surface area contributed by atoms with Crippen molar-refractivity contribution in [1.29, 1.82) is 5.26 Å². The van der Waals surface area contributed by atoms with Gasteiger partial charge in [0, 0.05) is 54.2 Å². The van der Waals surface area contributed by atoms with Gasteiger partial charge in [0.1, 0.15) is 11.9 Å². The number of aromatic nitrogens is 2. The number of hydrogen-bond donors (Lipinski definition) is 4. The molecule has 4 rings (SSSR count). The summed E-state index contributed by atoms with van der Waals surface area (Å²) in [5.41, 5.74) is 15.9. The van der Waals surface area contributed by atoms with Crippen LogP contribution in [-0.2, 0) is 9.53 Å². The van der Waals surface area contributed by atoms with Gasteiger partial charge < -0.3 is 26.8 Å². The standard InChI is InChI=1S/C25H29N7O2/c1-15-22(19-8-17(11-26)24(30-13-19)31-20-4-6-34-7-5-20)10-21(14-29-15)32-25(33)18(12-27)9-23(28)16-2-3-16/h8-10,12-14,16,20H,2-7,27-28H2,1H3,(H,30,31)(H,32,33)/b18-12+,23-9-. The van der Waals surface area contributed by atoms with E-state index < -0.39 is 0 Å². The summed E-state index contributed by atoms with van der Waals surface area (Å²) >= 11 is 0. The number of nitrogens with two attached hydrogens (primary N) is 2. The Labute approximate surface area is 198 Å². The number of ether oxygens (including phenoxy) is 1. The predicted molar refractivity (Wildman–Crippen MR) is 130 cm³/mol. The largest absolute Gasteiger partial charge is 0.404 e. The maximum absolute atomic E-state index is 12.7. The minimum Gasteiger partial charge on any atom is -0.404 e. The monoisotopic (exact) mass is 459 g/mol. The van der Waals surface area contributed by atoms with Gasteiger partial charge in [-0.15, -0.1) is 0 Å². The number of pyridine rings is 2. The average Bonchev–Trinajstić information content (AvgIpc) is 3.70. The third-order valence-electron chi connectivity index (χ3n) is 6.04. The molecular weight excluding hydrogens is 430 g/mol. The molecule has 0 unspecified atom stereocenters. The van der Waals surface area contributed by atoms with Crippen LogP contribution in [0.3, 0.4) is 0 Å². The van der Waals surface area contributed by atoms with Crippen molar-refractivity contribution in [3.63, 3.8) is 0 Å². The lowest BCUT2D eigenvalue weighted by Crippen LogP contribution is -2.28. The zero-order valence-corrected chi connectivity index (χ0v) is 19.2. The molecule has 1 aliphatic carbocycles. The summed E-state index contributed by atoms with van der Waals surface area (Å²) < 4.78 is 5.39. The van der Waals surface area contributed by atoms with Crippen molar-refractivity contribution in [2.45, 2.75) is 38.6 Å². The minimum absolute atomic E-state index is 0.230. The van der Waals surface area contributed by atoms with E-state index in [4.69, 9.17) is 16.2 Å². The van der Waals surface area contributed by atoms with Crippen molar-refractivity contribution in [2.24, 2.45) is 17.4 Å². The maximum atomic E-state index is 12.7. The van der Waals surface area contributed by atoms with Crippen LogP contribution in [-0.4, -0.2) is 35.1 Å². The Morgan fingerprint density at radius 3 is 2.65 bits per heavy atom. The summed E-state index contributed by atoms with van der Waals surface area (Å²) in [6, 6.07) is 6.06. The van der Waals surface area contributed by atoms with Gasteiger partial charge in [0.15, 0.2) is 0 Å². The third kappa shape index (κ3) is 5.53. The fourth-order valence-corrected chi connectivity index (χ4v) is 3.85. The lowest BCUT2D eigenvalue weighted by atomic mass is 10.0. The number of nitrogens with one attached hydrogen (secondary N) is 2. The average molecular weight is 460 g/mol. The van der Waals surface area contributed by atoms with Gasteiger partial charge in [-0.2, -0.15) is 5.26 Å². The van der Waals surface area contributed by atoms with Crippen LogP contribution in [0.5, 0.6) is 0 Å². The van der Waals surface area contributed by atoms with Crippen LogP contribution in [0.2, 0.25) is 0 Å². The quantitative estimate of drug-likeness (QED) is 0.364. The molecule has 1 saturated heterocycles. The first-order valence-corrected chi connectivity index (χ1v) is 11.4. The summed E-state index contributed by atoms with van der Waals surface area (Å²) in [5, 5.41) is 15.9. The number of anilines is 2. The highest BCUT2D eigenvalue weighted by Gasteiger charge is 2.24. The molecule has 0 bridgehead atoms. The van der Waals surface area contributed by atoms with E-state index >= 15 is 0 Å². The molecule has 34 heavy (non-hydrogen) atoms. The fourth-order valence-electron chi connectivity index (χ4n) is 3.85. The molecule has 6 N–H and O–H groups in total. The molecule has 1 saturated carbocycles. The van der Waals surface area contributed by atoms with Crippen molar-refractivity contribution < 1.29 is 9.53 Å². The molecule has 0 spiro atoms. The van der Waals surface area contributed by atoms with E-state index in [1.807, 2.05) is 13.0 Å². The summed E-state index contributed by atoms with van der Waals surface area (Å²) in [5.74, 6) is 0.529. The van der Waals surface area contributed by atoms with Crippen molar-refractivity contribution >= 4 is 17.4 Å². The van der Waals surface area contributed by atoms with Gasteiger partial charge in [0.05, 0.1) is 23.0 Å². The summed E-state index contributed by atoms with van der Waals surface area (Å²) in [7, 11) is 0. The number of carbonyl (C=O) groups is 1. The number of aryl methyl sites for hydroxylation is 1. The van der Waals surface area contributed by atoms with Crippen LogP contribution in [0, 0.1) is 24.2 Å². The number of allylic oxidation sites excluding steroid dienone is 1. The molecule has 9 heteroatoms. The smallest absolute Gasteiger partial charge is 0.257 e. The second kappa shape index (κ2) is 10.4. The van der Waals surface area contributed by atoms with E-state index in [1.54, 1.807) is 24.5 Å². The number of amides is 1. The Kier molecular flexibility index (Phi) is 7.09. The van der Waals surface area contributed by atoms with Gasteiger partial charge in [-0.05, 0) is 56.7 Å². The number of rotatable bonds is 7. The molecule has 2 aromatic heterocycles. The number of hydrogen-bond acceptors (Lipinski definition) is 8. The Bertz CT molecular complexity index is 1170. The highest BCUT2D eigenvalue weighted by molar-refractivity contribution is 6.06. The van der Waals surface area contributed by atoms with Crippen LogP contribution < -0.4 is 22.1 Å².